The predicted octanol–water partition coefficient (Wildman–Crippen LogP) is 4.87. The van der Waals surface area contributed by atoms with Gasteiger partial charge in [-0.3, -0.25) is 4.79 Å². The summed E-state index contributed by atoms with van der Waals surface area (Å²) in [7, 11) is 0. The lowest BCUT2D eigenvalue weighted by Gasteiger charge is -2.31. The van der Waals surface area contributed by atoms with Gasteiger partial charge in [0.15, 0.2) is 5.78 Å². The number of carbonyl (C=O) groups is 2. The zero-order valence-electron chi connectivity index (χ0n) is 15.3. The van der Waals surface area contributed by atoms with Crippen LogP contribution in [0.25, 0.3) is 0 Å². The first-order valence-electron chi connectivity index (χ1n) is 9.16. The summed E-state index contributed by atoms with van der Waals surface area (Å²) < 4.78 is 5.54. The van der Waals surface area contributed by atoms with Gasteiger partial charge in [0, 0.05) is 29.6 Å². The smallest absolute Gasteiger partial charge is 0.321 e. The highest BCUT2D eigenvalue weighted by molar-refractivity contribution is 6.30. The zero-order chi connectivity index (χ0) is 19.2. The van der Waals surface area contributed by atoms with Gasteiger partial charge in [-0.2, -0.15) is 0 Å². The standard InChI is InChI=1S/C21H23ClN2O3/c1-2-27-19-6-4-3-5-18(19)23-21(26)24-13-11-16(12-14-24)20(25)15-7-9-17(22)10-8-15/h3-10,16H,2,11-14H2,1H3,(H,23,26). The molecule has 0 unspecified atom stereocenters. The average molecular weight is 387 g/mol. The Morgan fingerprint density at radius 1 is 1.11 bits per heavy atom. The van der Waals surface area contributed by atoms with Crippen LogP contribution in [0.5, 0.6) is 5.75 Å². The summed E-state index contributed by atoms with van der Waals surface area (Å²) in [4.78, 5) is 26.9. The molecule has 0 aromatic heterocycles. The van der Waals surface area contributed by atoms with E-state index in [1.54, 1.807) is 29.2 Å². The molecule has 1 N–H and O–H groups in total. The van der Waals surface area contributed by atoms with Crippen LogP contribution in [0.2, 0.25) is 5.02 Å². The van der Waals surface area contributed by atoms with Gasteiger partial charge in [-0.05, 0) is 56.2 Å². The molecule has 27 heavy (non-hydrogen) atoms. The van der Waals surface area contributed by atoms with Crippen molar-refractivity contribution in [3.05, 3.63) is 59.1 Å². The SMILES string of the molecule is CCOc1ccccc1NC(=O)N1CCC(C(=O)c2ccc(Cl)cc2)CC1. The van der Waals surface area contributed by atoms with Gasteiger partial charge in [-0.1, -0.05) is 23.7 Å². The fourth-order valence-corrected chi connectivity index (χ4v) is 3.37. The van der Waals surface area contributed by atoms with E-state index in [1.807, 2.05) is 31.2 Å². The molecule has 142 valence electrons. The third-order valence-electron chi connectivity index (χ3n) is 4.71. The van der Waals surface area contributed by atoms with Crippen molar-refractivity contribution < 1.29 is 14.3 Å². The largest absolute Gasteiger partial charge is 0.492 e. The number of hydrogen-bond acceptors (Lipinski definition) is 3. The maximum atomic E-state index is 12.6. The minimum atomic E-state index is -0.167. The topological polar surface area (TPSA) is 58.6 Å². The molecule has 1 saturated heterocycles. The summed E-state index contributed by atoms with van der Waals surface area (Å²) >= 11 is 5.88. The molecule has 3 rings (SSSR count). The fraction of sp³-hybridized carbons (Fsp3) is 0.333. The highest BCUT2D eigenvalue weighted by Crippen LogP contribution is 2.26. The second-order valence-electron chi connectivity index (χ2n) is 6.49. The van der Waals surface area contributed by atoms with E-state index in [-0.39, 0.29) is 17.7 Å². The molecular formula is C21H23ClN2O3. The van der Waals surface area contributed by atoms with E-state index in [9.17, 15) is 9.59 Å². The Hall–Kier alpha value is -2.53. The fourth-order valence-electron chi connectivity index (χ4n) is 3.24. The molecule has 6 heteroatoms. The van der Waals surface area contributed by atoms with Crippen molar-refractivity contribution in [1.82, 2.24) is 4.90 Å². The van der Waals surface area contributed by atoms with Crippen molar-refractivity contribution in [1.29, 1.82) is 0 Å². The van der Waals surface area contributed by atoms with Gasteiger partial charge in [0.05, 0.1) is 12.3 Å². The Bertz CT molecular complexity index is 799. The van der Waals surface area contributed by atoms with Crippen LogP contribution in [0.4, 0.5) is 10.5 Å². The summed E-state index contributed by atoms with van der Waals surface area (Å²) in [6.07, 6.45) is 1.31. The van der Waals surface area contributed by atoms with Crippen LogP contribution >= 0.6 is 11.6 Å². The Morgan fingerprint density at radius 3 is 2.44 bits per heavy atom. The molecule has 1 heterocycles. The number of ether oxygens (including phenoxy) is 1. The number of Topliss-reactive ketones (excluding diaryl/α,β-unsaturated/α-hetero) is 1. The first-order valence-corrected chi connectivity index (χ1v) is 9.54. The molecule has 2 amide bonds. The lowest BCUT2D eigenvalue weighted by atomic mass is 9.89. The Labute approximate surface area is 164 Å². The summed E-state index contributed by atoms with van der Waals surface area (Å²) in [5.41, 5.74) is 1.33. The summed E-state index contributed by atoms with van der Waals surface area (Å²) in [5.74, 6) is 0.709. The van der Waals surface area contributed by atoms with Crippen molar-refractivity contribution in [2.45, 2.75) is 19.8 Å². The van der Waals surface area contributed by atoms with E-state index < -0.39 is 0 Å². The molecule has 1 aliphatic rings. The molecule has 5 nitrogen and oxygen atoms in total. The number of nitrogens with zero attached hydrogens (tertiary/aromatic N) is 1. The molecule has 0 aliphatic carbocycles. The number of benzene rings is 2. The van der Waals surface area contributed by atoms with E-state index in [4.69, 9.17) is 16.3 Å². The second kappa shape index (κ2) is 8.91. The van der Waals surface area contributed by atoms with E-state index in [2.05, 4.69) is 5.32 Å². The molecule has 0 bridgehead atoms. The van der Waals surface area contributed by atoms with Crippen LogP contribution < -0.4 is 10.1 Å². The number of para-hydroxylation sites is 2. The van der Waals surface area contributed by atoms with E-state index in [1.165, 1.54) is 0 Å². The molecule has 0 saturated carbocycles. The molecule has 2 aromatic rings. The molecule has 1 aliphatic heterocycles. The van der Waals surface area contributed by atoms with Crippen LogP contribution in [0, 0.1) is 5.92 Å². The van der Waals surface area contributed by atoms with E-state index in [0.717, 1.165) is 0 Å². The van der Waals surface area contributed by atoms with Crippen molar-refractivity contribution in [2.24, 2.45) is 5.92 Å². The first-order chi connectivity index (χ1) is 13.1. The van der Waals surface area contributed by atoms with E-state index in [0.29, 0.717) is 54.6 Å². The summed E-state index contributed by atoms with van der Waals surface area (Å²) in [6.45, 7) is 3.53. The number of amides is 2. The lowest BCUT2D eigenvalue weighted by molar-refractivity contribution is 0.0859. The van der Waals surface area contributed by atoms with Gasteiger partial charge in [0.2, 0.25) is 0 Å². The highest BCUT2D eigenvalue weighted by atomic mass is 35.5. The van der Waals surface area contributed by atoms with Gasteiger partial charge in [-0.15, -0.1) is 0 Å². The number of ketones is 1. The van der Waals surface area contributed by atoms with Crippen LogP contribution in [0.1, 0.15) is 30.1 Å². The van der Waals surface area contributed by atoms with Gasteiger partial charge in [0.25, 0.3) is 0 Å². The van der Waals surface area contributed by atoms with E-state index >= 15 is 0 Å². The van der Waals surface area contributed by atoms with Crippen molar-refractivity contribution in [3.63, 3.8) is 0 Å². The van der Waals surface area contributed by atoms with Gasteiger partial charge in [0.1, 0.15) is 5.75 Å². The summed E-state index contributed by atoms with van der Waals surface area (Å²) in [6, 6.07) is 14.2. The van der Waals surface area contributed by atoms with Crippen LogP contribution in [0.15, 0.2) is 48.5 Å². The summed E-state index contributed by atoms with van der Waals surface area (Å²) in [5, 5.41) is 3.53. The maximum Gasteiger partial charge on any atom is 0.321 e. The number of likely N-dealkylation sites (tertiary alicyclic amines) is 1. The second-order valence-corrected chi connectivity index (χ2v) is 6.93. The first kappa shape index (κ1) is 19.2. The third-order valence-corrected chi connectivity index (χ3v) is 4.96. The van der Waals surface area contributed by atoms with Crippen molar-refractivity contribution >= 4 is 29.1 Å². The molecule has 0 radical (unpaired) electrons. The monoisotopic (exact) mass is 386 g/mol. The Kier molecular flexibility index (Phi) is 6.35. The Balaban J connectivity index is 1.56. The number of nitrogens with one attached hydrogen (secondary N) is 1. The predicted molar refractivity (Wildman–Crippen MR) is 107 cm³/mol. The number of anilines is 1. The van der Waals surface area contributed by atoms with Crippen LogP contribution in [-0.4, -0.2) is 36.4 Å². The van der Waals surface area contributed by atoms with Gasteiger partial charge >= 0.3 is 6.03 Å². The minimum Gasteiger partial charge on any atom is -0.492 e. The normalized spacial score (nSPS) is 14.7. The van der Waals surface area contributed by atoms with Crippen molar-refractivity contribution in [3.8, 4) is 5.75 Å². The third kappa shape index (κ3) is 4.80. The van der Waals surface area contributed by atoms with Crippen LogP contribution in [0.3, 0.4) is 0 Å². The molecule has 0 atom stereocenters. The maximum absolute atomic E-state index is 12.6. The number of hydrogen-bond donors (Lipinski definition) is 1. The molecule has 0 spiro atoms. The van der Waals surface area contributed by atoms with Crippen molar-refractivity contribution in [2.75, 3.05) is 25.0 Å². The molecular weight excluding hydrogens is 364 g/mol. The number of rotatable bonds is 5. The van der Waals surface area contributed by atoms with Gasteiger partial charge < -0.3 is 15.0 Å². The van der Waals surface area contributed by atoms with Gasteiger partial charge in [-0.25, -0.2) is 4.79 Å². The quantitative estimate of drug-likeness (QED) is 0.746. The Morgan fingerprint density at radius 2 is 1.78 bits per heavy atom. The number of urea groups is 1. The zero-order valence-corrected chi connectivity index (χ0v) is 16.0. The number of piperidine rings is 1. The number of carbonyl (C=O) groups excluding carboxylic acids is 2. The number of halogens is 1. The molecule has 1 fully saturated rings. The molecule has 2 aromatic carbocycles. The highest BCUT2D eigenvalue weighted by Gasteiger charge is 2.28. The van der Waals surface area contributed by atoms with Crippen LogP contribution in [-0.2, 0) is 0 Å². The average Bonchev–Trinajstić information content (AvgIpc) is 2.70. The minimum absolute atomic E-state index is 0.0639. The lowest BCUT2D eigenvalue weighted by Crippen LogP contribution is -2.42.